The normalized spacial score (nSPS) is 14.9. The summed E-state index contributed by atoms with van der Waals surface area (Å²) >= 11 is 1.74. The van der Waals surface area contributed by atoms with E-state index in [1.165, 1.54) is 28.5 Å². The van der Waals surface area contributed by atoms with E-state index < -0.39 is 0 Å². The lowest BCUT2D eigenvalue weighted by atomic mass is 9.97. The second-order valence-corrected chi connectivity index (χ2v) is 9.40. The van der Waals surface area contributed by atoms with Gasteiger partial charge < -0.3 is 9.64 Å². The molecule has 33 heavy (non-hydrogen) atoms. The first-order valence-electron chi connectivity index (χ1n) is 11.1. The fraction of sp³-hybridized carbons (Fsp3) is 0.280. The van der Waals surface area contributed by atoms with E-state index in [0.29, 0.717) is 5.56 Å². The quantitative estimate of drug-likeness (QED) is 0.423. The van der Waals surface area contributed by atoms with Gasteiger partial charge in [-0.1, -0.05) is 18.2 Å². The number of rotatable bonds is 5. The first-order chi connectivity index (χ1) is 16.0. The average molecular weight is 459 g/mol. The summed E-state index contributed by atoms with van der Waals surface area (Å²) in [4.78, 5) is 8.26. The van der Waals surface area contributed by atoms with Gasteiger partial charge in [0.25, 0.3) is 0 Å². The highest BCUT2D eigenvalue weighted by Crippen LogP contribution is 2.30. The van der Waals surface area contributed by atoms with Crippen LogP contribution in [-0.4, -0.2) is 36.1 Å². The standard InChI is InChI=1S/C25H26N6OS/c1-17(26)32-24(27)20-6-5-19-9-12-30(16-21(19)14-20)25-28-15-23(33-25)13-18-3-7-22(8-4-18)31-11-2-10-29-31/h3-8,10,14-15,26-27H,2,9,11-13,16H2,1H3. The Morgan fingerprint density at radius 1 is 1.09 bits per heavy atom. The largest absolute Gasteiger partial charge is 0.426 e. The van der Waals surface area contributed by atoms with Crippen LogP contribution in [0.1, 0.15) is 40.5 Å². The summed E-state index contributed by atoms with van der Waals surface area (Å²) in [6, 6.07) is 14.6. The van der Waals surface area contributed by atoms with Crippen LogP contribution in [0.15, 0.2) is 53.8 Å². The van der Waals surface area contributed by atoms with Gasteiger partial charge in [0, 0.05) is 62.3 Å². The van der Waals surface area contributed by atoms with Crippen molar-refractivity contribution in [3.05, 3.63) is 75.8 Å². The molecule has 0 radical (unpaired) electrons. The van der Waals surface area contributed by atoms with E-state index in [9.17, 15) is 0 Å². The molecule has 3 heterocycles. The summed E-state index contributed by atoms with van der Waals surface area (Å²) in [6.45, 7) is 4.18. The highest BCUT2D eigenvalue weighted by Gasteiger charge is 2.20. The van der Waals surface area contributed by atoms with Crippen molar-refractivity contribution in [2.75, 3.05) is 23.0 Å². The van der Waals surface area contributed by atoms with Crippen molar-refractivity contribution < 1.29 is 4.74 Å². The Morgan fingerprint density at radius 3 is 2.70 bits per heavy atom. The van der Waals surface area contributed by atoms with Gasteiger partial charge in [-0.2, -0.15) is 5.10 Å². The maximum absolute atomic E-state index is 8.07. The van der Waals surface area contributed by atoms with Crippen molar-refractivity contribution in [3.8, 4) is 0 Å². The highest BCUT2D eigenvalue weighted by atomic mass is 32.1. The van der Waals surface area contributed by atoms with Crippen molar-refractivity contribution in [3.63, 3.8) is 0 Å². The van der Waals surface area contributed by atoms with Crippen molar-refractivity contribution in [1.29, 1.82) is 10.8 Å². The third kappa shape index (κ3) is 4.80. The minimum absolute atomic E-state index is 0.0153. The van der Waals surface area contributed by atoms with Crippen LogP contribution >= 0.6 is 11.3 Å². The van der Waals surface area contributed by atoms with E-state index in [1.807, 2.05) is 29.6 Å². The molecule has 0 unspecified atom stereocenters. The molecule has 7 nitrogen and oxygen atoms in total. The summed E-state index contributed by atoms with van der Waals surface area (Å²) in [6.07, 6.45) is 6.77. The van der Waals surface area contributed by atoms with Gasteiger partial charge in [-0.25, -0.2) is 4.98 Å². The Hall–Kier alpha value is -3.52. The Morgan fingerprint density at radius 2 is 1.94 bits per heavy atom. The minimum Gasteiger partial charge on any atom is -0.426 e. The van der Waals surface area contributed by atoms with Crippen LogP contribution in [-0.2, 0) is 24.1 Å². The molecular formula is C25H26N6OS. The summed E-state index contributed by atoms with van der Waals surface area (Å²) in [5.41, 5.74) is 5.59. The van der Waals surface area contributed by atoms with Crippen LogP contribution < -0.4 is 9.91 Å². The number of nitrogens with zero attached hydrogens (tertiary/aromatic N) is 4. The number of aromatic nitrogens is 1. The van der Waals surface area contributed by atoms with E-state index in [1.54, 1.807) is 11.3 Å². The summed E-state index contributed by atoms with van der Waals surface area (Å²) in [7, 11) is 0. The first kappa shape index (κ1) is 21.3. The van der Waals surface area contributed by atoms with Gasteiger partial charge in [0.2, 0.25) is 5.90 Å². The van der Waals surface area contributed by atoms with Gasteiger partial charge in [-0.05, 0) is 47.4 Å². The smallest absolute Gasteiger partial charge is 0.220 e. The van der Waals surface area contributed by atoms with E-state index in [-0.39, 0.29) is 11.8 Å². The maximum Gasteiger partial charge on any atom is 0.220 e. The molecule has 2 aromatic carbocycles. The molecule has 5 rings (SSSR count). The fourth-order valence-electron chi connectivity index (χ4n) is 4.18. The molecule has 2 N–H and O–H groups in total. The van der Waals surface area contributed by atoms with E-state index in [0.717, 1.165) is 49.7 Å². The number of hydrazone groups is 1. The molecule has 2 aliphatic heterocycles. The van der Waals surface area contributed by atoms with Crippen LogP contribution in [0.4, 0.5) is 10.8 Å². The Bertz CT molecular complexity index is 1220. The molecule has 2 aliphatic rings. The predicted octanol–water partition coefficient (Wildman–Crippen LogP) is 4.83. The number of anilines is 2. The zero-order chi connectivity index (χ0) is 22.8. The Balaban J connectivity index is 1.25. The number of hydrogen-bond donors (Lipinski definition) is 2. The Labute approximate surface area is 197 Å². The lowest BCUT2D eigenvalue weighted by molar-refractivity contribution is 0.532. The molecule has 0 aliphatic carbocycles. The topological polar surface area (TPSA) is 88.7 Å². The number of fused-ring (bicyclic) bond motifs is 1. The zero-order valence-electron chi connectivity index (χ0n) is 18.5. The molecule has 0 saturated heterocycles. The van der Waals surface area contributed by atoms with Gasteiger partial charge in [0.05, 0.1) is 5.69 Å². The van der Waals surface area contributed by atoms with Gasteiger partial charge >= 0.3 is 0 Å². The molecular weight excluding hydrogens is 432 g/mol. The lowest BCUT2D eigenvalue weighted by Crippen LogP contribution is -2.30. The van der Waals surface area contributed by atoms with E-state index >= 15 is 0 Å². The Kier molecular flexibility index (Phi) is 5.92. The van der Waals surface area contributed by atoms with Gasteiger partial charge in [0.15, 0.2) is 11.0 Å². The second-order valence-electron chi connectivity index (χ2n) is 8.30. The monoisotopic (exact) mass is 458 g/mol. The fourth-order valence-corrected chi connectivity index (χ4v) is 5.14. The molecule has 1 aromatic heterocycles. The molecule has 0 amide bonds. The molecule has 8 heteroatoms. The number of benzene rings is 2. The molecule has 0 spiro atoms. The third-order valence-corrected chi connectivity index (χ3v) is 6.91. The van der Waals surface area contributed by atoms with Crippen LogP contribution in [0.3, 0.4) is 0 Å². The molecule has 0 saturated carbocycles. The van der Waals surface area contributed by atoms with Crippen LogP contribution in [0.2, 0.25) is 0 Å². The molecule has 168 valence electrons. The van der Waals surface area contributed by atoms with Gasteiger partial charge in [-0.3, -0.25) is 15.8 Å². The van der Waals surface area contributed by atoms with Crippen LogP contribution in [0.5, 0.6) is 0 Å². The van der Waals surface area contributed by atoms with Crippen LogP contribution in [0, 0.1) is 10.8 Å². The average Bonchev–Trinajstić information content (AvgIpc) is 3.51. The molecule has 0 atom stereocenters. The molecule has 3 aromatic rings. The molecule has 0 bridgehead atoms. The number of hydrogen-bond acceptors (Lipinski definition) is 8. The van der Waals surface area contributed by atoms with E-state index in [4.69, 9.17) is 20.5 Å². The number of thiazole rings is 1. The van der Waals surface area contributed by atoms with Gasteiger partial charge in [-0.15, -0.1) is 11.3 Å². The summed E-state index contributed by atoms with van der Waals surface area (Å²) in [5, 5.41) is 23.0. The summed E-state index contributed by atoms with van der Waals surface area (Å²) < 4.78 is 5.17. The van der Waals surface area contributed by atoms with Crippen LogP contribution in [0.25, 0.3) is 0 Å². The highest BCUT2D eigenvalue weighted by molar-refractivity contribution is 7.15. The zero-order valence-corrected chi connectivity index (χ0v) is 19.4. The van der Waals surface area contributed by atoms with Crippen molar-refractivity contribution in [2.24, 2.45) is 5.10 Å². The van der Waals surface area contributed by atoms with Crippen molar-refractivity contribution in [1.82, 2.24) is 4.98 Å². The van der Waals surface area contributed by atoms with Crippen molar-refractivity contribution >= 4 is 40.2 Å². The SMILES string of the molecule is CC(=N)OC(=N)c1ccc2c(c1)CN(c1ncc(Cc3ccc(N4CCC=N4)cc3)s1)CC2. The lowest BCUT2D eigenvalue weighted by Gasteiger charge is -2.28. The maximum atomic E-state index is 8.07. The second kappa shape index (κ2) is 9.15. The van der Waals surface area contributed by atoms with Gasteiger partial charge in [0.1, 0.15) is 0 Å². The number of nitrogens with one attached hydrogen (secondary N) is 2. The molecule has 0 fully saturated rings. The number of ether oxygens (including phenoxy) is 1. The third-order valence-electron chi connectivity index (χ3n) is 5.85. The predicted molar refractivity (Wildman–Crippen MR) is 134 cm³/mol. The first-order valence-corrected chi connectivity index (χ1v) is 11.9. The van der Waals surface area contributed by atoms with E-state index in [2.05, 4.69) is 40.3 Å². The summed E-state index contributed by atoms with van der Waals surface area (Å²) in [5.74, 6) is 0.0374. The minimum atomic E-state index is 0.0153. The van der Waals surface area contributed by atoms with Crippen molar-refractivity contribution in [2.45, 2.75) is 32.7 Å².